The molecule has 2 aromatic carbocycles. The van der Waals surface area contributed by atoms with Gasteiger partial charge in [-0.3, -0.25) is 4.79 Å². The molecule has 0 aliphatic heterocycles. The van der Waals surface area contributed by atoms with Crippen LogP contribution in [-0.4, -0.2) is 12.0 Å². The van der Waals surface area contributed by atoms with Crippen LogP contribution in [0.1, 0.15) is 6.92 Å². The zero-order chi connectivity index (χ0) is 16.3. The van der Waals surface area contributed by atoms with Gasteiger partial charge in [0.1, 0.15) is 17.2 Å². The van der Waals surface area contributed by atoms with E-state index in [-0.39, 0.29) is 5.75 Å². The highest BCUT2D eigenvalue weighted by Gasteiger charge is 2.14. The molecule has 7 heteroatoms. The lowest BCUT2D eigenvalue weighted by molar-refractivity contribution is -0.123. The number of nitrogens with two attached hydrogens (primary N) is 1. The van der Waals surface area contributed by atoms with Gasteiger partial charge in [-0.25, -0.2) is 0 Å². The summed E-state index contributed by atoms with van der Waals surface area (Å²) in [5, 5.41) is 1.21. The van der Waals surface area contributed by atoms with Crippen molar-refractivity contribution in [1.29, 1.82) is 0 Å². The first-order valence-electron chi connectivity index (χ1n) is 6.25. The van der Waals surface area contributed by atoms with Crippen molar-refractivity contribution in [3.05, 3.63) is 51.5 Å². The summed E-state index contributed by atoms with van der Waals surface area (Å²) in [6.45, 7) is 1.53. The molecule has 4 nitrogen and oxygen atoms in total. The van der Waals surface area contributed by atoms with Crippen LogP contribution in [0.3, 0.4) is 0 Å². The van der Waals surface area contributed by atoms with Crippen molar-refractivity contribution >= 4 is 40.7 Å². The van der Waals surface area contributed by atoms with Crippen LogP contribution in [0.5, 0.6) is 17.2 Å². The topological polar surface area (TPSA) is 61.6 Å². The summed E-state index contributed by atoms with van der Waals surface area (Å²) in [5.41, 5.74) is 5.16. The Kier molecular flexibility index (Phi) is 5.40. The van der Waals surface area contributed by atoms with Crippen molar-refractivity contribution in [3.63, 3.8) is 0 Å². The molecule has 2 aromatic rings. The van der Waals surface area contributed by atoms with Crippen LogP contribution >= 0.6 is 34.8 Å². The molecule has 1 amide bonds. The third-order valence-corrected chi connectivity index (χ3v) is 3.57. The van der Waals surface area contributed by atoms with Crippen LogP contribution in [0.2, 0.25) is 15.1 Å². The molecule has 1 atom stereocenters. The van der Waals surface area contributed by atoms with E-state index >= 15 is 0 Å². The Morgan fingerprint density at radius 2 is 1.77 bits per heavy atom. The highest BCUT2D eigenvalue weighted by atomic mass is 35.5. The number of carbonyl (C=O) groups is 1. The SMILES string of the molecule is CC(Oc1cc(Oc2ccc(Cl)cc2Cl)ccc1Cl)C(N)=O. The van der Waals surface area contributed by atoms with Gasteiger partial charge in [0, 0.05) is 11.1 Å². The minimum Gasteiger partial charge on any atom is -0.479 e. The molecule has 0 bridgehead atoms. The van der Waals surface area contributed by atoms with Crippen LogP contribution in [-0.2, 0) is 4.79 Å². The molecule has 2 N–H and O–H groups in total. The van der Waals surface area contributed by atoms with Crippen molar-refractivity contribution in [2.24, 2.45) is 5.73 Å². The second-order valence-corrected chi connectivity index (χ2v) is 5.68. The van der Waals surface area contributed by atoms with Crippen molar-refractivity contribution < 1.29 is 14.3 Å². The lowest BCUT2D eigenvalue weighted by Gasteiger charge is -2.14. The number of carbonyl (C=O) groups excluding carboxylic acids is 1. The molecule has 22 heavy (non-hydrogen) atoms. The lowest BCUT2D eigenvalue weighted by Crippen LogP contribution is -2.30. The fourth-order valence-electron chi connectivity index (χ4n) is 1.57. The lowest BCUT2D eigenvalue weighted by atomic mass is 10.3. The zero-order valence-electron chi connectivity index (χ0n) is 11.5. The zero-order valence-corrected chi connectivity index (χ0v) is 13.7. The quantitative estimate of drug-likeness (QED) is 0.841. The molecule has 1 unspecified atom stereocenters. The van der Waals surface area contributed by atoms with Crippen LogP contribution in [0, 0.1) is 0 Å². The summed E-state index contributed by atoms with van der Waals surface area (Å²) in [6, 6.07) is 9.66. The van der Waals surface area contributed by atoms with E-state index in [2.05, 4.69) is 0 Å². The van der Waals surface area contributed by atoms with Gasteiger partial charge in [-0.15, -0.1) is 0 Å². The molecule has 0 saturated carbocycles. The van der Waals surface area contributed by atoms with Crippen molar-refractivity contribution in [2.75, 3.05) is 0 Å². The average molecular weight is 361 g/mol. The second kappa shape index (κ2) is 7.09. The minimum atomic E-state index is -0.813. The van der Waals surface area contributed by atoms with Gasteiger partial charge in [0.25, 0.3) is 5.91 Å². The van der Waals surface area contributed by atoms with Gasteiger partial charge in [-0.2, -0.15) is 0 Å². The van der Waals surface area contributed by atoms with E-state index in [4.69, 9.17) is 50.0 Å². The monoisotopic (exact) mass is 359 g/mol. The Balaban J connectivity index is 2.23. The van der Waals surface area contributed by atoms with E-state index in [0.717, 1.165) is 0 Å². The molecule has 0 aromatic heterocycles. The highest BCUT2D eigenvalue weighted by Crippen LogP contribution is 2.35. The molecule has 116 valence electrons. The van der Waals surface area contributed by atoms with Crippen molar-refractivity contribution in [3.8, 4) is 17.2 Å². The van der Waals surface area contributed by atoms with Gasteiger partial charge >= 0.3 is 0 Å². The van der Waals surface area contributed by atoms with Gasteiger partial charge in [0.2, 0.25) is 0 Å². The molecule has 0 aliphatic carbocycles. The number of primary amides is 1. The normalized spacial score (nSPS) is 11.8. The standard InChI is InChI=1S/C15H12Cl3NO3/c1-8(15(19)20)21-14-7-10(3-4-11(14)17)22-13-5-2-9(16)6-12(13)18/h2-8H,1H3,(H2,19,20). The number of ether oxygens (including phenoxy) is 2. The first-order valence-corrected chi connectivity index (χ1v) is 7.38. The maximum Gasteiger partial charge on any atom is 0.258 e. The van der Waals surface area contributed by atoms with Gasteiger partial charge in [0.15, 0.2) is 6.10 Å². The van der Waals surface area contributed by atoms with Crippen molar-refractivity contribution in [1.82, 2.24) is 0 Å². The van der Waals surface area contributed by atoms with Crippen LogP contribution in [0.15, 0.2) is 36.4 Å². The van der Waals surface area contributed by atoms with Gasteiger partial charge in [0.05, 0.1) is 10.0 Å². The molecule has 0 fully saturated rings. The van der Waals surface area contributed by atoms with Crippen molar-refractivity contribution in [2.45, 2.75) is 13.0 Å². The predicted molar refractivity (Wildman–Crippen MR) is 87.3 cm³/mol. The Morgan fingerprint density at radius 3 is 2.41 bits per heavy atom. The third kappa shape index (κ3) is 4.19. The van der Waals surface area contributed by atoms with E-state index in [1.165, 1.54) is 6.92 Å². The van der Waals surface area contributed by atoms with E-state index in [9.17, 15) is 4.79 Å². The van der Waals surface area contributed by atoms with Gasteiger partial charge in [-0.1, -0.05) is 34.8 Å². The van der Waals surface area contributed by atoms with Gasteiger partial charge in [-0.05, 0) is 37.3 Å². The summed E-state index contributed by atoms with van der Waals surface area (Å²) in [6.07, 6.45) is -0.813. The largest absolute Gasteiger partial charge is 0.479 e. The fraction of sp³-hybridized carbons (Fsp3) is 0.133. The number of amides is 1. The predicted octanol–water partition coefficient (Wildman–Crippen LogP) is 4.69. The first kappa shape index (κ1) is 16.7. The molecule has 0 heterocycles. The maximum absolute atomic E-state index is 11.1. The first-order chi connectivity index (χ1) is 10.4. The second-order valence-electron chi connectivity index (χ2n) is 4.43. The summed E-state index contributed by atoms with van der Waals surface area (Å²) >= 11 is 17.9. The summed E-state index contributed by atoms with van der Waals surface area (Å²) in [5.74, 6) is 0.571. The van der Waals surface area contributed by atoms with Crippen LogP contribution in [0.4, 0.5) is 0 Å². The Morgan fingerprint density at radius 1 is 1.05 bits per heavy atom. The molecular weight excluding hydrogens is 349 g/mol. The Labute approximate surface area is 142 Å². The average Bonchev–Trinajstić information content (AvgIpc) is 2.45. The Bertz CT molecular complexity index is 706. The number of benzene rings is 2. The molecule has 0 radical (unpaired) electrons. The van der Waals surface area contributed by atoms with E-state index in [1.54, 1.807) is 36.4 Å². The summed E-state index contributed by atoms with van der Waals surface area (Å²) in [4.78, 5) is 11.1. The van der Waals surface area contributed by atoms with Gasteiger partial charge < -0.3 is 15.2 Å². The Hall–Kier alpha value is -1.62. The third-order valence-electron chi connectivity index (χ3n) is 2.73. The molecule has 2 rings (SSSR count). The number of halogens is 3. The van der Waals surface area contributed by atoms with E-state index in [0.29, 0.717) is 26.6 Å². The molecule has 0 saturated heterocycles. The van der Waals surface area contributed by atoms with E-state index in [1.807, 2.05) is 0 Å². The summed E-state index contributed by atoms with van der Waals surface area (Å²) < 4.78 is 11.1. The molecular formula is C15H12Cl3NO3. The number of rotatable bonds is 5. The van der Waals surface area contributed by atoms with Crippen LogP contribution < -0.4 is 15.2 Å². The highest BCUT2D eigenvalue weighted by molar-refractivity contribution is 6.35. The molecule has 0 aliphatic rings. The minimum absolute atomic E-state index is 0.288. The fourth-order valence-corrected chi connectivity index (χ4v) is 2.18. The molecule has 0 spiro atoms. The number of hydrogen-bond donors (Lipinski definition) is 1. The smallest absolute Gasteiger partial charge is 0.258 e. The maximum atomic E-state index is 11.1. The van der Waals surface area contributed by atoms with E-state index < -0.39 is 12.0 Å². The summed E-state index contributed by atoms with van der Waals surface area (Å²) in [7, 11) is 0. The van der Waals surface area contributed by atoms with Crippen LogP contribution in [0.25, 0.3) is 0 Å². The number of hydrogen-bond acceptors (Lipinski definition) is 3.